The Kier molecular flexibility index (Phi) is 5.14. The highest BCUT2D eigenvalue weighted by molar-refractivity contribution is 6.38. The fourth-order valence-corrected chi connectivity index (χ4v) is 2.68. The third-order valence-electron chi connectivity index (χ3n) is 4.22. The normalized spacial score (nSPS) is 22.8. The topological polar surface area (TPSA) is 60.0 Å². The number of halogens is 2. The van der Waals surface area contributed by atoms with E-state index in [1.807, 2.05) is 25.1 Å². The van der Waals surface area contributed by atoms with Gasteiger partial charge in [-0.05, 0) is 37.5 Å². The average Bonchev–Trinajstić information content (AvgIpc) is 3.33. The SMILES string of the molecule is Cc1cc(C#CC2CC2)ccc1/C(C=NCC1CC(F)(F)CO1)=N/N. The number of aryl methyl sites for hydroxylation is 1. The molecule has 1 atom stereocenters. The molecule has 2 fully saturated rings. The van der Waals surface area contributed by atoms with E-state index < -0.39 is 18.6 Å². The maximum Gasteiger partial charge on any atom is 0.273 e. The molecule has 1 heterocycles. The Balaban J connectivity index is 1.64. The number of ether oxygens (including phenoxy) is 1. The summed E-state index contributed by atoms with van der Waals surface area (Å²) in [6, 6.07) is 5.83. The Hall–Kier alpha value is -2.26. The number of hydrogen-bond acceptors (Lipinski definition) is 4. The summed E-state index contributed by atoms with van der Waals surface area (Å²) in [4.78, 5) is 4.18. The number of hydrogen-bond donors (Lipinski definition) is 1. The molecular formula is C19H21F2N3O. The van der Waals surface area contributed by atoms with Crippen LogP contribution < -0.4 is 5.84 Å². The lowest BCUT2D eigenvalue weighted by atomic mass is 10.0. The first-order valence-corrected chi connectivity index (χ1v) is 8.36. The minimum Gasteiger partial charge on any atom is -0.370 e. The Bertz CT molecular complexity index is 758. The van der Waals surface area contributed by atoms with E-state index >= 15 is 0 Å². The fraction of sp³-hybridized carbons (Fsp3) is 0.474. The fourth-order valence-electron chi connectivity index (χ4n) is 2.68. The molecule has 6 heteroatoms. The van der Waals surface area contributed by atoms with Crippen molar-refractivity contribution in [3.63, 3.8) is 0 Å². The Morgan fingerprint density at radius 3 is 2.84 bits per heavy atom. The molecule has 0 bridgehead atoms. The van der Waals surface area contributed by atoms with Crippen LogP contribution >= 0.6 is 0 Å². The first-order valence-electron chi connectivity index (χ1n) is 8.36. The lowest BCUT2D eigenvalue weighted by Crippen LogP contribution is -2.16. The monoisotopic (exact) mass is 345 g/mol. The van der Waals surface area contributed by atoms with E-state index in [-0.39, 0.29) is 13.0 Å². The van der Waals surface area contributed by atoms with Gasteiger partial charge in [-0.2, -0.15) is 5.10 Å². The lowest BCUT2D eigenvalue weighted by Gasteiger charge is -2.07. The van der Waals surface area contributed by atoms with Crippen LogP contribution in [0.1, 0.15) is 36.0 Å². The minimum absolute atomic E-state index is 0.165. The van der Waals surface area contributed by atoms with Crippen molar-refractivity contribution in [3.8, 4) is 11.8 Å². The molecule has 1 aromatic carbocycles. The Morgan fingerprint density at radius 1 is 1.44 bits per heavy atom. The molecule has 25 heavy (non-hydrogen) atoms. The molecule has 1 aliphatic carbocycles. The maximum atomic E-state index is 13.1. The second kappa shape index (κ2) is 7.32. The molecule has 1 aliphatic heterocycles. The molecule has 0 amide bonds. The van der Waals surface area contributed by atoms with E-state index in [2.05, 4.69) is 21.9 Å². The molecule has 0 spiro atoms. The molecule has 0 radical (unpaired) electrons. The number of nitrogens with zero attached hydrogens (tertiary/aromatic N) is 2. The van der Waals surface area contributed by atoms with E-state index in [1.165, 1.54) is 19.1 Å². The number of hydrazone groups is 1. The highest BCUT2D eigenvalue weighted by Crippen LogP contribution is 2.29. The summed E-state index contributed by atoms with van der Waals surface area (Å²) >= 11 is 0. The summed E-state index contributed by atoms with van der Waals surface area (Å²) in [6.07, 6.45) is 3.04. The van der Waals surface area contributed by atoms with E-state index in [1.54, 1.807) is 0 Å². The van der Waals surface area contributed by atoms with Crippen molar-refractivity contribution in [2.24, 2.45) is 21.9 Å². The van der Waals surface area contributed by atoms with Crippen molar-refractivity contribution in [3.05, 3.63) is 34.9 Å². The van der Waals surface area contributed by atoms with Gasteiger partial charge in [-0.15, -0.1) is 0 Å². The van der Waals surface area contributed by atoms with Crippen LogP contribution in [0.2, 0.25) is 0 Å². The molecule has 1 unspecified atom stereocenters. The van der Waals surface area contributed by atoms with Crippen molar-refractivity contribution in [1.29, 1.82) is 0 Å². The zero-order chi connectivity index (χ0) is 17.9. The zero-order valence-electron chi connectivity index (χ0n) is 14.1. The van der Waals surface area contributed by atoms with Crippen LogP contribution in [-0.4, -0.2) is 37.1 Å². The second-order valence-electron chi connectivity index (χ2n) is 6.57. The highest BCUT2D eigenvalue weighted by Gasteiger charge is 2.40. The summed E-state index contributed by atoms with van der Waals surface area (Å²) in [5, 5.41) is 3.77. The van der Waals surface area contributed by atoms with Gasteiger partial charge in [0, 0.05) is 29.7 Å². The molecule has 2 N–H and O–H groups in total. The van der Waals surface area contributed by atoms with Gasteiger partial charge in [-0.3, -0.25) is 4.99 Å². The maximum absolute atomic E-state index is 13.1. The number of alkyl halides is 2. The zero-order valence-corrected chi connectivity index (χ0v) is 14.1. The van der Waals surface area contributed by atoms with Gasteiger partial charge in [0.25, 0.3) is 5.92 Å². The largest absolute Gasteiger partial charge is 0.370 e. The van der Waals surface area contributed by atoms with Gasteiger partial charge in [0.1, 0.15) is 12.3 Å². The quantitative estimate of drug-likeness (QED) is 0.395. The standard InChI is InChI=1S/C19H21F2N3O/c1-13-8-15(5-4-14-2-3-14)6-7-17(13)18(24-22)11-23-10-16-9-19(20,21)12-25-16/h6-8,11,14,16H,2-3,9-10,12,22H2,1H3/b23-11?,24-18+. The Morgan fingerprint density at radius 2 is 2.24 bits per heavy atom. The van der Waals surface area contributed by atoms with Crippen molar-refractivity contribution in [2.45, 2.75) is 38.2 Å². The van der Waals surface area contributed by atoms with Gasteiger partial charge >= 0.3 is 0 Å². The lowest BCUT2D eigenvalue weighted by molar-refractivity contribution is -0.00971. The third kappa shape index (κ3) is 4.86. The molecule has 2 aliphatic rings. The predicted octanol–water partition coefficient (Wildman–Crippen LogP) is 2.91. The summed E-state index contributed by atoms with van der Waals surface area (Å²) in [7, 11) is 0. The van der Waals surface area contributed by atoms with E-state index in [0.717, 1.165) is 16.7 Å². The van der Waals surface area contributed by atoms with Crippen LogP contribution in [0, 0.1) is 24.7 Å². The van der Waals surface area contributed by atoms with Crippen molar-refractivity contribution >= 4 is 11.9 Å². The minimum atomic E-state index is -2.75. The molecular weight excluding hydrogens is 324 g/mol. The van der Waals surface area contributed by atoms with Crippen molar-refractivity contribution in [1.82, 2.24) is 0 Å². The van der Waals surface area contributed by atoms with E-state index in [0.29, 0.717) is 11.6 Å². The summed E-state index contributed by atoms with van der Waals surface area (Å²) < 4.78 is 31.2. The molecule has 3 rings (SSSR count). The summed E-state index contributed by atoms with van der Waals surface area (Å²) in [5.41, 5.74) is 3.30. The van der Waals surface area contributed by atoms with Gasteiger partial charge in [0.15, 0.2) is 0 Å². The molecule has 1 saturated carbocycles. The van der Waals surface area contributed by atoms with Gasteiger partial charge in [0.2, 0.25) is 0 Å². The van der Waals surface area contributed by atoms with Crippen LogP contribution in [0.25, 0.3) is 0 Å². The number of aliphatic imine (C=N–C) groups is 1. The van der Waals surface area contributed by atoms with Gasteiger partial charge in [-0.25, -0.2) is 8.78 Å². The van der Waals surface area contributed by atoms with E-state index in [4.69, 9.17) is 10.6 Å². The molecule has 0 aromatic heterocycles. The highest BCUT2D eigenvalue weighted by atomic mass is 19.3. The van der Waals surface area contributed by atoms with Gasteiger partial charge < -0.3 is 10.6 Å². The average molecular weight is 345 g/mol. The summed E-state index contributed by atoms with van der Waals surface area (Å²) in [6.45, 7) is 1.59. The number of benzene rings is 1. The van der Waals surface area contributed by atoms with Crippen molar-refractivity contribution < 1.29 is 13.5 Å². The number of nitrogens with two attached hydrogens (primary N) is 1. The number of rotatable bonds is 4. The first kappa shape index (κ1) is 17.6. The molecule has 1 aromatic rings. The second-order valence-corrected chi connectivity index (χ2v) is 6.57. The van der Waals surface area contributed by atoms with Crippen molar-refractivity contribution in [2.75, 3.05) is 13.2 Å². The van der Waals surface area contributed by atoms with Gasteiger partial charge in [0.05, 0.1) is 12.6 Å². The molecule has 132 valence electrons. The predicted molar refractivity (Wildman–Crippen MR) is 94.2 cm³/mol. The van der Waals surface area contributed by atoms with Gasteiger partial charge in [-0.1, -0.05) is 17.9 Å². The van der Waals surface area contributed by atoms with Crippen LogP contribution in [0.4, 0.5) is 8.78 Å². The first-order chi connectivity index (χ1) is 12.0. The van der Waals surface area contributed by atoms with E-state index in [9.17, 15) is 8.78 Å². The van der Waals surface area contributed by atoms with Crippen LogP contribution in [-0.2, 0) is 4.74 Å². The van der Waals surface area contributed by atoms with Crippen LogP contribution in [0.3, 0.4) is 0 Å². The summed E-state index contributed by atoms with van der Waals surface area (Å²) in [5.74, 6) is 9.68. The Labute approximate surface area is 146 Å². The van der Waals surface area contributed by atoms with Crippen LogP contribution in [0.15, 0.2) is 28.3 Å². The van der Waals surface area contributed by atoms with Crippen LogP contribution in [0.5, 0.6) is 0 Å². The smallest absolute Gasteiger partial charge is 0.273 e. The molecule has 1 saturated heterocycles. The molecule has 4 nitrogen and oxygen atoms in total. The third-order valence-corrected chi connectivity index (χ3v) is 4.22.